The first-order valence-electron chi connectivity index (χ1n) is 6.69. The average Bonchev–Trinajstić information content (AvgIpc) is 2.83. The molecule has 0 N–H and O–H groups in total. The second kappa shape index (κ2) is 6.27. The second-order valence-electron chi connectivity index (χ2n) is 4.95. The molecular formula is C15H18ClNO3. The number of carbonyl (C=O) groups is 2. The molecule has 1 saturated heterocycles. The second-order valence-corrected chi connectivity index (χ2v) is 5.38. The van der Waals surface area contributed by atoms with Crippen molar-refractivity contribution in [2.45, 2.75) is 25.8 Å². The highest BCUT2D eigenvalue weighted by Crippen LogP contribution is 2.31. The highest BCUT2D eigenvalue weighted by Gasteiger charge is 2.38. The molecule has 2 rings (SSSR count). The van der Waals surface area contributed by atoms with Gasteiger partial charge in [0, 0.05) is 18.0 Å². The van der Waals surface area contributed by atoms with Crippen molar-refractivity contribution in [3.05, 3.63) is 34.9 Å². The minimum atomic E-state index is -0.353. The van der Waals surface area contributed by atoms with Crippen LogP contribution in [0.25, 0.3) is 0 Å². The summed E-state index contributed by atoms with van der Waals surface area (Å²) in [5.41, 5.74) is 1.04. The van der Waals surface area contributed by atoms with Gasteiger partial charge >= 0.3 is 5.97 Å². The van der Waals surface area contributed by atoms with Gasteiger partial charge in [-0.05, 0) is 24.1 Å². The van der Waals surface area contributed by atoms with Crippen molar-refractivity contribution >= 4 is 23.5 Å². The minimum absolute atomic E-state index is 0.00204. The van der Waals surface area contributed by atoms with E-state index in [2.05, 4.69) is 0 Å². The fraction of sp³-hybridized carbons (Fsp3) is 0.467. The molecule has 0 aliphatic carbocycles. The van der Waals surface area contributed by atoms with Crippen LogP contribution in [0.2, 0.25) is 5.02 Å². The fourth-order valence-corrected chi connectivity index (χ4v) is 2.80. The van der Waals surface area contributed by atoms with Gasteiger partial charge in [-0.1, -0.05) is 30.7 Å². The molecule has 108 valence electrons. The molecule has 1 fully saturated rings. The molecule has 20 heavy (non-hydrogen) atoms. The van der Waals surface area contributed by atoms with Gasteiger partial charge in [0.1, 0.15) is 0 Å². The van der Waals surface area contributed by atoms with Crippen molar-refractivity contribution in [1.29, 1.82) is 0 Å². The number of hydrogen-bond donors (Lipinski definition) is 0. The monoisotopic (exact) mass is 295 g/mol. The zero-order valence-corrected chi connectivity index (χ0v) is 12.4. The third-order valence-corrected chi connectivity index (χ3v) is 3.96. The number of amides is 1. The lowest BCUT2D eigenvalue weighted by Gasteiger charge is -2.27. The summed E-state index contributed by atoms with van der Waals surface area (Å²) < 4.78 is 4.73. The maximum Gasteiger partial charge on any atom is 0.310 e. The fourth-order valence-electron chi connectivity index (χ4n) is 2.68. The lowest BCUT2D eigenvalue weighted by Crippen LogP contribution is -2.30. The number of methoxy groups -OCH3 is 1. The predicted molar refractivity (Wildman–Crippen MR) is 76.3 cm³/mol. The van der Waals surface area contributed by atoms with E-state index in [0.29, 0.717) is 11.6 Å². The summed E-state index contributed by atoms with van der Waals surface area (Å²) in [6.07, 6.45) is 1.03. The lowest BCUT2D eigenvalue weighted by molar-refractivity contribution is -0.145. The minimum Gasteiger partial charge on any atom is -0.469 e. The van der Waals surface area contributed by atoms with Gasteiger partial charge < -0.3 is 9.64 Å². The first-order chi connectivity index (χ1) is 9.56. The molecule has 1 aromatic rings. The summed E-state index contributed by atoms with van der Waals surface area (Å²) in [6, 6.07) is 7.47. The largest absolute Gasteiger partial charge is 0.469 e. The number of carbonyl (C=O) groups excluding carboxylic acids is 2. The summed E-state index contributed by atoms with van der Waals surface area (Å²) in [6.45, 7) is 2.45. The van der Waals surface area contributed by atoms with Gasteiger partial charge in [0.05, 0.1) is 19.1 Å². The van der Waals surface area contributed by atoms with Crippen LogP contribution < -0.4 is 0 Å². The van der Waals surface area contributed by atoms with E-state index in [-0.39, 0.29) is 30.3 Å². The Morgan fingerprint density at radius 1 is 1.45 bits per heavy atom. The van der Waals surface area contributed by atoms with Crippen molar-refractivity contribution in [2.75, 3.05) is 13.7 Å². The SMILES string of the molecule is CCC(c1ccc(Cl)cc1)N1CC(C(=O)OC)CC1=O. The molecule has 1 aliphatic heterocycles. The molecule has 0 bridgehead atoms. The van der Waals surface area contributed by atoms with Crippen molar-refractivity contribution in [1.82, 2.24) is 4.90 Å². The number of esters is 1. The van der Waals surface area contributed by atoms with Crippen LogP contribution in [0, 0.1) is 5.92 Å². The molecule has 1 aromatic carbocycles. The highest BCUT2D eigenvalue weighted by atomic mass is 35.5. The number of nitrogens with zero attached hydrogens (tertiary/aromatic N) is 1. The summed E-state index contributed by atoms with van der Waals surface area (Å²) in [4.78, 5) is 25.5. The van der Waals surface area contributed by atoms with Gasteiger partial charge in [-0.3, -0.25) is 9.59 Å². The molecule has 0 saturated carbocycles. The van der Waals surface area contributed by atoms with Gasteiger partial charge in [0.2, 0.25) is 5.91 Å². The molecule has 4 nitrogen and oxygen atoms in total. The van der Waals surface area contributed by atoms with Gasteiger partial charge in [-0.25, -0.2) is 0 Å². The Balaban J connectivity index is 2.18. The molecular weight excluding hydrogens is 278 g/mol. The standard InChI is InChI=1S/C15H18ClNO3/c1-3-13(10-4-6-12(16)7-5-10)17-9-11(8-14(17)18)15(19)20-2/h4-7,11,13H,3,8-9H2,1-2H3. The van der Waals surface area contributed by atoms with E-state index in [0.717, 1.165) is 12.0 Å². The third kappa shape index (κ3) is 2.96. The summed E-state index contributed by atoms with van der Waals surface area (Å²) >= 11 is 5.89. The van der Waals surface area contributed by atoms with Gasteiger partial charge in [-0.15, -0.1) is 0 Å². The first-order valence-corrected chi connectivity index (χ1v) is 7.07. The average molecular weight is 296 g/mol. The molecule has 2 unspecified atom stereocenters. The Kier molecular flexibility index (Phi) is 4.65. The number of ether oxygens (including phenoxy) is 1. The van der Waals surface area contributed by atoms with E-state index in [1.807, 2.05) is 31.2 Å². The number of rotatable bonds is 4. The molecule has 2 atom stereocenters. The molecule has 0 aromatic heterocycles. The highest BCUT2D eigenvalue weighted by molar-refractivity contribution is 6.30. The van der Waals surface area contributed by atoms with Crippen molar-refractivity contribution in [3.8, 4) is 0 Å². The van der Waals surface area contributed by atoms with E-state index in [9.17, 15) is 9.59 Å². The molecule has 5 heteroatoms. The van der Waals surface area contributed by atoms with Crippen LogP contribution in [-0.2, 0) is 14.3 Å². The van der Waals surface area contributed by atoms with Crippen LogP contribution >= 0.6 is 11.6 Å². The van der Waals surface area contributed by atoms with Crippen LogP contribution in [0.4, 0.5) is 0 Å². The van der Waals surface area contributed by atoms with Crippen LogP contribution in [0.1, 0.15) is 31.4 Å². The number of halogens is 1. The Morgan fingerprint density at radius 3 is 2.65 bits per heavy atom. The van der Waals surface area contributed by atoms with Crippen molar-refractivity contribution in [3.63, 3.8) is 0 Å². The van der Waals surface area contributed by atoms with E-state index in [4.69, 9.17) is 16.3 Å². The van der Waals surface area contributed by atoms with E-state index in [1.54, 1.807) is 4.90 Å². The predicted octanol–water partition coefficient (Wildman–Crippen LogP) is 2.81. The Labute approximate surface area is 123 Å². The molecule has 1 heterocycles. The quantitative estimate of drug-likeness (QED) is 0.803. The zero-order valence-electron chi connectivity index (χ0n) is 11.6. The maximum atomic E-state index is 12.1. The van der Waals surface area contributed by atoms with E-state index >= 15 is 0 Å². The number of benzene rings is 1. The molecule has 0 spiro atoms. The van der Waals surface area contributed by atoms with Crippen LogP contribution in [-0.4, -0.2) is 30.4 Å². The van der Waals surface area contributed by atoms with Gasteiger partial charge in [0.25, 0.3) is 0 Å². The van der Waals surface area contributed by atoms with Crippen LogP contribution in [0.5, 0.6) is 0 Å². The summed E-state index contributed by atoms with van der Waals surface area (Å²) in [5.74, 6) is -0.664. The van der Waals surface area contributed by atoms with Crippen LogP contribution in [0.3, 0.4) is 0 Å². The normalized spacial score (nSPS) is 20.1. The van der Waals surface area contributed by atoms with Crippen LogP contribution in [0.15, 0.2) is 24.3 Å². The molecule has 0 radical (unpaired) electrons. The van der Waals surface area contributed by atoms with Crippen molar-refractivity contribution < 1.29 is 14.3 Å². The Bertz CT molecular complexity index is 500. The Morgan fingerprint density at radius 2 is 2.10 bits per heavy atom. The zero-order chi connectivity index (χ0) is 14.7. The maximum absolute atomic E-state index is 12.1. The van der Waals surface area contributed by atoms with Gasteiger partial charge in [0.15, 0.2) is 0 Å². The number of likely N-dealkylation sites (tertiary alicyclic amines) is 1. The van der Waals surface area contributed by atoms with E-state index < -0.39 is 0 Å². The smallest absolute Gasteiger partial charge is 0.310 e. The topological polar surface area (TPSA) is 46.6 Å². The molecule has 1 aliphatic rings. The number of hydrogen-bond acceptors (Lipinski definition) is 3. The summed E-state index contributed by atoms with van der Waals surface area (Å²) in [5, 5.41) is 0.670. The van der Waals surface area contributed by atoms with Gasteiger partial charge in [-0.2, -0.15) is 0 Å². The third-order valence-electron chi connectivity index (χ3n) is 3.71. The Hall–Kier alpha value is -1.55. The van der Waals surface area contributed by atoms with Crippen molar-refractivity contribution in [2.24, 2.45) is 5.92 Å². The lowest BCUT2D eigenvalue weighted by atomic mass is 10.0. The molecule has 1 amide bonds. The van der Waals surface area contributed by atoms with E-state index in [1.165, 1.54) is 7.11 Å². The first kappa shape index (κ1) is 14.9. The summed E-state index contributed by atoms with van der Waals surface area (Å²) in [7, 11) is 1.35.